The van der Waals surface area contributed by atoms with Crippen LogP contribution >= 0.6 is 0 Å². The normalized spacial score (nSPS) is 21.2. The molecule has 1 aliphatic rings. The molecular weight excluding hydrogens is 192 g/mol. The van der Waals surface area contributed by atoms with Gasteiger partial charge in [0.1, 0.15) is 5.69 Å². The number of rotatable bonds is 3. The highest BCUT2D eigenvalue weighted by atomic mass is 16.5. The molecule has 4 heteroatoms. The summed E-state index contributed by atoms with van der Waals surface area (Å²) in [5.74, 6) is 0.0456. The molecule has 15 heavy (non-hydrogen) atoms. The van der Waals surface area contributed by atoms with E-state index in [4.69, 9.17) is 4.74 Å². The van der Waals surface area contributed by atoms with Crippen LogP contribution in [0, 0.1) is 0 Å². The van der Waals surface area contributed by atoms with Crippen LogP contribution in [0.15, 0.2) is 24.4 Å². The zero-order valence-electron chi connectivity index (χ0n) is 8.48. The Morgan fingerprint density at radius 1 is 1.60 bits per heavy atom. The molecule has 0 bridgehead atoms. The molecule has 0 saturated carbocycles. The minimum atomic E-state index is -0.00624. The molecule has 1 fully saturated rings. The van der Waals surface area contributed by atoms with E-state index in [1.54, 1.807) is 18.3 Å². The number of carbonyl (C=O) groups excluding carboxylic acids is 1. The lowest BCUT2D eigenvalue weighted by Crippen LogP contribution is -2.39. The van der Waals surface area contributed by atoms with Gasteiger partial charge in [0.25, 0.3) is 0 Å². The van der Waals surface area contributed by atoms with E-state index in [0.29, 0.717) is 18.7 Å². The first-order valence-electron chi connectivity index (χ1n) is 5.13. The average Bonchev–Trinajstić information content (AvgIpc) is 2.31. The van der Waals surface area contributed by atoms with Crippen molar-refractivity contribution < 1.29 is 9.53 Å². The molecule has 1 atom stereocenters. The number of Topliss-reactive ketones (excluding diaryl/α,β-unsaturated/α-hetero) is 1. The maximum atomic E-state index is 11.7. The van der Waals surface area contributed by atoms with Gasteiger partial charge in [0.15, 0.2) is 5.78 Å². The van der Waals surface area contributed by atoms with E-state index in [2.05, 4.69) is 10.3 Å². The van der Waals surface area contributed by atoms with Gasteiger partial charge in [0.05, 0.1) is 12.7 Å². The standard InChI is InChI=1S/C11H14N2O2/c14-11(10-3-1-2-4-13-10)7-9-8-12-5-6-15-9/h1-4,9,12H,5-8H2. The zero-order valence-corrected chi connectivity index (χ0v) is 8.48. The van der Waals surface area contributed by atoms with Crippen LogP contribution in [0.5, 0.6) is 0 Å². The van der Waals surface area contributed by atoms with Gasteiger partial charge >= 0.3 is 0 Å². The Bertz CT molecular complexity index is 321. The fraction of sp³-hybridized carbons (Fsp3) is 0.455. The van der Waals surface area contributed by atoms with E-state index in [1.807, 2.05) is 6.07 Å². The van der Waals surface area contributed by atoms with E-state index in [9.17, 15) is 4.79 Å². The lowest BCUT2D eigenvalue weighted by Gasteiger charge is -2.22. The fourth-order valence-electron chi connectivity index (χ4n) is 1.59. The third-order valence-electron chi connectivity index (χ3n) is 2.37. The Morgan fingerprint density at radius 2 is 2.53 bits per heavy atom. The highest BCUT2D eigenvalue weighted by Crippen LogP contribution is 2.06. The number of carbonyl (C=O) groups is 1. The molecule has 80 valence electrons. The van der Waals surface area contributed by atoms with Crippen LogP contribution in [0.25, 0.3) is 0 Å². The quantitative estimate of drug-likeness (QED) is 0.737. The molecule has 1 aliphatic heterocycles. The van der Waals surface area contributed by atoms with Crippen LogP contribution in [0.1, 0.15) is 16.9 Å². The van der Waals surface area contributed by atoms with Crippen molar-refractivity contribution in [2.75, 3.05) is 19.7 Å². The summed E-state index contributed by atoms with van der Waals surface area (Å²) in [7, 11) is 0. The van der Waals surface area contributed by atoms with Crippen molar-refractivity contribution in [2.45, 2.75) is 12.5 Å². The van der Waals surface area contributed by atoms with Gasteiger partial charge in [-0.15, -0.1) is 0 Å². The molecule has 0 spiro atoms. The third-order valence-corrected chi connectivity index (χ3v) is 2.37. The SMILES string of the molecule is O=C(CC1CNCCO1)c1ccccn1. The highest BCUT2D eigenvalue weighted by molar-refractivity contribution is 5.94. The smallest absolute Gasteiger partial charge is 0.183 e. The number of hydrogen-bond acceptors (Lipinski definition) is 4. The number of hydrogen-bond donors (Lipinski definition) is 1. The fourth-order valence-corrected chi connectivity index (χ4v) is 1.59. The van der Waals surface area contributed by atoms with Crippen molar-refractivity contribution in [3.8, 4) is 0 Å². The Hall–Kier alpha value is -1.26. The van der Waals surface area contributed by atoms with E-state index < -0.39 is 0 Å². The number of ketones is 1. The van der Waals surface area contributed by atoms with Crippen molar-refractivity contribution in [1.82, 2.24) is 10.3 Å². The number of nitrogens with zero attached hydrogens (tertiary/aromatic N) is 1. The summed E-state index contributed by atoms with van der Waals surface area (Å²) in [5, 5.41) is 3.19. The Kier molecular flexibility index (Phi) is 3.42. The Balaban J connectivity index is 1.91. The van der Waals surface area contributed by atoms with E-state index in [0.717, 1.165) is 13.1 Å². The molecule has 1 saturated heterocycles. The van der Waals surface area contributed by atoms with Crippen molar-refractivity contribution in [2.24, 2.45) is 0 Å². The molecule has 0 aliphatic carbocycles. The first-order valence-corrected chi connectivity index (χ1v) is 5.13. The summed E-state index contributed by atoms with van der Waals surface area (Å²) in [6.07, 6.45) is 2.03. The molecule has 1 aromatic rings. The third kappa shape index (κ3) is 2.84. The first kappa shape index (κ1) is 10.3. The topological polar surface area (TPSA) is 51.2 Å². The van der Waals surface area contributed by atoms with Gasteiger partial charge in [-0.2, -0.15) is 0 Å². The Morgan fingerprint density at radius 3 is 3.20 bits per heavy atom. The minimum absolute atomic E-state index is 0.00624. The van der Waals surface area contributed by atoms with Crippen molar-refractivity contribution >= 4 is 5.78 Å². The number of aromatic nitrogens is 1. The summed E-state index contributed by atoms with van der Waals surface area (Å²) < 4.78 is 5.46. The molecule has 4 nitrogen and oxygen atoms in total. The van der Waals surface area contributed by atoms with Crippen molar-refractivity contribution in [1.29, 1.82) is 0 Å². The first-order chi connectivity index (χ1) is 7.36. The number of pyridine rings is 1. The second-order valence-electron chi connectivity index (χ2n) is 3.54. The predicted octanol–water partition coefficient (Wildman–Crippen LogP) is 0.643. The monoisotopic (exact) mass is 206 g/mol. The van der Waals surface area contributed by atoms with E-state index >= 15 is 0 Å². The number of ether oxygens (including phenoxy) is 1. The van der Waals surface area contributed by atoms with Crippen LogP contribution in [-0.4, -0.2) is 36.6 Å². The van der Waals surface area contributed by atoms with Gasteiger partial charge in [-0.3, -0.25) is 9.78 Å². The molecule has 1 N–H and O–H groups in total. The molecule has 1 aromatic heterocycles. The predicted molar refractivity (Wildman–Crippen MR) is 55.8 cm³/mol. The minimum Gasteiger partial charge on any atom is -0.375 e. The van der Waals surface area contributed by atoms with Crippen LogP contribution in [0.3, 0.4) is 0 Å². The largest absolute Gasteiger partial charge is 0.375 e. The maximum Gasteiger partial charge on any atom is 0.183 e. The zero-order chi connectivity index (χ0) is 10.5. The molecule has 0 aromatic carbocycles. The average molecular weight is 206 g/mol. The summed E-state index contributed by atoms with van der Waals surface area (Å²) in [4.78, 5) is 15.8. The van der Waals surface area contributed by atoms with Gasteiger partial charge in [0.2, 0.25) is 0 Å². The van der Waals surface area contributed by atoms with Gasteiger partial charge in [-0.05, 0) is 12.1 Å². The van der Waals surface area contributed by atoms with Crippen LogP contribution in [-0.2, 0) is 4.74 Å². The molecule has 2 heterocycles. The van der Waals surface area contributed by atoms with Gasteiger partial charge in [-0.25, -0.2) is 0 Å². The summed E-state index contributed by atoms with van der Waals surface area (Å²) in [6.45, 7) is 2.30. The molecular formula is C11H14N2O2. The molecule has 0 amide bonds. The van der Waals surface area contributed by atoms with E-state index in [-0.39, 0.29) is 11.9 Å². The summed E-state index contributed by atoms with van der Waals surface area (Å²) >= 11 is 0. The number of morpholine rings is 1. The molecule has 1 unspecified atom stereocenters. The molecule has 2 rings (SSSR count). The van der Waals surface area contributed by atoms with Crippen molar-refractivity contribution in [3.63, 3.8) is 0 Å². The summed E-state index contributed by atoms with van der Waals surface area (Å²) in [6, 6.07) is 5.36. The van der Waals surface area contributed by atoms with Gasteiger partial charge in [0, 0.05) is 25.7 Å². The second-order valence-corrected chi connectivity index (χ2v) is 3.54. The van der Waals surface area contributed by atoms with Gasteiger partial charge in [-0.1, -0.05) is 6.07 Å². The van der Waals surface area contributed by atoms with Crippen LogP contribution in [0.2, 0.25) is 0 Å². The lowest BCUT2D eigenvalue weighted by atomic mass is 10.1. The van der Waals surface area contributed by atoms with Gasteiger partial charge < -0.3 is 10.1 Å². The summed E-state index contributed by atoms with van der Waals surface area (Å²) in [5.41, 5.74) is 0.520. The second kappa shape index (κ2) is 5.00. The lowest BCUT2D eigenvalue weighted by molar-refractivity contribution is 0.0239. The van der Waals surface area contributed by atoms with Crippen molar-refractivity contribution in [3.05, 3.63) is 30.1 Å². The highest BCUT2D eigenvalue weighted by Gasteiger charge is 2.18. The number of nitrogens with one attached hydrogen (secondary N) is 1. The van der Waals surface area contributed by atoms with Crippen LogP contribution < -0.4 is 5.32 Å². The van der Waals surface area contributed by atoms with Crippen LogP contribution in [0.4, 0.5) is 0 Å². The maximum absolute atomic E-state index is 11.7. The van der Waals surface area contributed by atoms with E-state index in [1.165, 1.54) is 0 Å². The molecule has 0 radical (unpaired) electrons. The Labute approximate surface area is 88.7 Å².